The Labute approximate surface area is 126 Å². The van der Waals surface area contributed by atoms with E-state index in [1.165, 1.54) is 57.8 Å². The Morgan fingerprint density at radius 1 is 0.950 bits per heavy atom. The van der Waals surface area contributed by atoms with Gasteiger partial charge in [-0.1, -0.05) is 46.5 Å². The third-order valence-electron chi connectivity index (χ3n) is 5.26. The monoisotopic (exact) mass is 281 g/mol. The van der Waals surface area contributed by atoms with Crippen molar-refractivity contribution in [1.29, 1.82) is 0 Å². The molecule has 0 saturated heterocycles. The molecule has 2 nitrogen and oxygen atoms in total. The molecule has 0 radical (unpaired) electrons. The van der Waals surface area contributed by atoms with Gasteiger partial charge in [0, 0.05) is 6.54 Å². The number of ether oxygens (including phenoxy) is 1. The van der Waals surface area contributed by atoms with Crippen molar-refractivity contribution in [3.8, 4) is 0 Å². The van der Waals surface area contributed by atoms with Gasteiger partial charge in [-0.05, 0) is 50.5 Å². The van der Waals surface area contributed by atoms with Crippen LogP contribution in [0.4, 0.5) is 0 Å². The third-order valence-corrected chi connectivity index (χ3v) is 5.26. The van der Waals surface area contributed by atoms with E-state index in [0.717, 1.165) is 24.9 Å². The lowest BCUT2D eigenvalue weighted by molar-refractivity contribution is -0.123. The van der Waals surface area contributed by atoms with Crippen LogP contribution in [0.5, 0.6) is 0 Å². The van der Waals surface area contributed by atoms with E-state index in [-0.39, 0.29) is 5.60 Å². The van der Waals surface area contributed by atoms with Crippen molar-refractivity contribution in [3.05, 3.63) is 0 Å². The van der Waals surface area contributed by atoms with E-state index in [9.17, 15) is 0 Å². The summed E-state index contributed by atoms with van der Waals surface area (Å²) in [6, 6.07) is 0. The van der Waals surface area contributed by atoms with Gasteiger partial charge in [0.2, 0.25) is 0 Å². The Balaban J connectivity index is 1.98. The molecule has 0 amide bonds. The van der Waals surface area contributed by atoms with Crippen molar-refractivity contribution >= 4 is 0 Å². The highest BCUT2D eigenvalue weighted by Gasteiger charge is 2.36. The van der Waals surface area contributed by atoms with Gasteiger partial charge >= 0.3 is 0 Å². The average Bonchev–Trinajstić information content (AvgIpc) is 2.61. The molecule has 2 aliphatic carbocycles. The molecule has 2 fully saturated rings. The summed E-state index contributed by atoms with van der Waals surface area (Å²) in [7, 11) is 0. The number of hydrogen-bond acceptors (Lipinski definition) is 2. The van der Waals surface area contributed by atoms with Gasteiger partial charge in [-0.25, -0.2) is 0 Å². The van der Waals surface area contributed by atoms with Crippen molar-refractivity contribution in [2.75, 3.05) is 13.1 Å². The highest BCUT2D eigenvalue weighted by Crippen LogP contribution is 2.37. The predicted molar refractivity (Wildman–Crippen MR) is 86.0 cm³/mol. The molecule has 1 N–H and O–H groups in total. The van der Waals surface area contributed by atoms with Crippen molar-refractivity contribution < 1.29 is 4.74 Å². The lowest BCUT2D eigenvalue weighted by Gasteiger charge is -2.41. The molecular weight excluding hydrogens is 246 g/mol. The maximum Gasteiger partial charge on any atom is 0.0810 e. The van der Waals surface area contributed by atoms with E-state index in [4.69, 9.17) is 4.74 Å². The second-order valence-corrected chi connectivity index (χ2v) is 7.53. The van der Waals surface area contributed by atoms with Gasteiger partial charge < -0.3 is 10.1 Å². The van der Waals surface area contributed by atoms with Gasteiger partial charge in [0.1, 0.15) is 0 Å². The van der Waals surface area contributed by atoms with Crippen LogP contribution in [0.25, 0.3) is 0 Å². The molecule has 2 saturated carbocycles. The maximum absolute atomic E-state index is 6.78. The van der Waals surface area contributed by atoms with Crippen LogP contribution in [-0.2, 0) is 4.74 Å². The summed E-state index contributed by atoms with van der Waals surface area (Å²) in [6.45, 7) is 9.12. The molecule has 0 aromatic heterocycles. The summed E-state index contributed by atoms with van der Waals surface area (Å²) in [5.74, 6) is 1.68. The normalized spacial score (nSPS) is 34.6. The van der Waals surface area contributed by atoms with Crippen LogP contribution in [0.2, 0.25) is 0 Å². The van der Waals surface area contributed by atoms with Gasteiger partial charge in [0.25, 0.3) is 0 Å². The lowest BCUT2D eigenvalue weighted by Crippen LogP contribution is -2.46. The Kier molecular flexibility index (Phi) is 6.35. The van der Waals surface area contributed by atoms with Crippen LogP contribution in [0, 0.1) is 11.8 Å². The Hall–Kier alpha value is -0.0800. The van der Waals surface area contributed by atoms with Crippen LogP contribution in [0.3, 0.4) is 0 Å². The molecule has 0 aromatic rings. The smallest absolute Gasteiger partial charge is 0.0810 e. The second-order valence-electron chi connectivity index (χ2n) is 7.53. The molecule has 2 unspecified atom stereocenters. The molecule has 0 spiro atoms. The quantitative estimate of drug-likeness (QED) is 0.748. The van der Waals surface area contributed by atoms with Crippen molar-refractivity contribution in [2.24, 2.45) is 11.8 Å². The van der Waals surface area contributed by atoms with E-state index in [1.54, 1.807) is 0 Å². The minimum Gasteiger partial charge on any atom is -0.370 e. The fourth-order valence-corrected chi connectivity index (χ4v) is 4.38. The maximum atomic E-state index is 6.78. The van der Waals surface area contributed by atoms with Gasteiger partial charge in [-0.15, -0.1) is 0 Å². The molecule has 20 heavy (non-hydrogen) atoms. The number of nitrogens with one attached hydrogen (secondary N) is 1. The molecule has 0 aliphatic heterocycles. The van der Waals surface area contributed by atoms with Crippen LogP contribution in [-0.4, -0.2) is 24.8 Å². The first-order chi connectivity index (χ1) is 9.63. The molecule has 2 rings (SSSR count). The summed E-state index contributed by atoms with van der Waals surface area (Å²) >= 11 is 0. The van der Waals surface area contributed by atoms with Crippen LogP contribution < -0.4 is 5.32 Å². The van der Waals surface area contributed by atoms with Gasteiger partial charge in [-0.3, -0.25) is 0 Å². The SMILES string of the molecule is CCNCC1(OC2CC(C)CC(C)C2)CCCCCC1. The van der Waals surface area contributed by atoms with E-state index < -0.39 is 0 Å². The minimum atomic E-state index is 0.133. The average molecular weight is 281 g/mol. The largest absolute Gasteiger partial charge is 0.370 e. The molecule has 2 aliphatic rings. The summed E-state index contributed by atoms with van der Waals surface area (Å²) in [4.78, 5) is 0. The highest BCUT2D eigenvalue weighted by molar-refractivity contribution is 4.88. The Morgan fingerprint density at radius 3 is 2.10 bits per heavy atom. The Morgan fingerprint density at radius 2 is 1.55 bits per heavy atom. The van der Waals surface area contributed by atoms with E-state index in [0.29, 0.717) is 6.10 Å². The zero-order chi connectivity index (χ0) is 14.4. The van der Waals surface area contributed by atoms with E-state index >= 15 is 0 Å². The first-order valence-electron chi connectivity index (χ1n) is 9.02. The number of rotatable bonds is 5. The van der Waals surface area contributed by atoms with Crippen LogP contribution >= 0.6 is 0 Å². The lowest BCUT2D eigenvalue weighted by atomic mass is 9.81. The van der Waals surface area contributed by atoms with Crippen molar-refractivity contribution in [2.45, 2.75) is 90.3 Å². The van der Waals surface area contributed by atoms with E-state index in [1.807, 2.05) is 0 Å². The van der Waals surface area contributed by atoms with Gasteiger partial charge in [0.05, 0.1) is 11.7 Å². The summed E-state index contributed by atoms with van der Waals surface area (Å²) in [5, 5.41) is 3.57. The Bertz CT molecular complexity index is 261. The molecule has 2 atom stereocenters. The molecule has 118 valence electrons. The summed E-state index contributed by atoms with van der Waals surface area (Å²) < 4.78 is 6.78. The minimum absolute atomic E-state index is 0.133. The first-order valence-corrected chi connectivity index (χ1v) is 9.02. The second kappa shape index (κ2) is 7.79. The number of hydrogen-bond donors (Lipinski definition) is 1. The third kappa shape index (κ3) is 4.73. The fourth-order valence-electron chi connectivity index (χ4n) is 4.38. The zero-order valence-corrected chi connectivity index (χ0v) is 13.9. The van der Waals surface area contributed by atoms with E-state index in [2.05, 4.69) is 26.1 Å². The molecule has 0 aromatic carbocycles. The van der Waals surface area contributed by atoms with Crippen LogP contribution in [0.1, 0.15) is 78.6 Å². The summed E-state index contributed by atoms with van der Waals surface area (Å²) in [6.07, 6.45) is 12.5. The standard InChI is InChI=1S/C18H35NO/c1-4-19-14-18(9-7-5-6-8-10-18)20-17-12-15(2)11-16(3)13-17/h15-17,19H,4-14H2,1-3H3. The highest BCUT2D eigenvalue weighted by atomic mass is 16.5. The van der Waals surface area contributed by atoms with Crippen molar-refractivity contribution in [3.63, 3.8) is 0 Å². The van der Waals surface area contributed by atoms with Crippen LogP contribution in [0.15, 0.2) is 0 Å². The molecule has 0 bridgehead atoms. The molecular formula is C18H35NO. The van der Waals surface area contributed by atoms with Gasteiger partial charge in [0.15, 0.2) is 0 Å². The van der Waals surface area contributed by atoms with Gasteiger partial charge in [-0.2, -0.15) is 0 Å². The first kappa shape index (κ1) is 16.3. The topological polar surface area (TPSA) is 21.3 Å². The fraction of sp³-hybridized carbons (Fsp3) is 1.00. The molecule has 0 heterocycles. The summed E-state index contributed by atoms with van der Waals surface area (Å²) in [5.41, 5.74) is 0.133. The predicted octanol–water partition coefficient (Wildman–Crippen LogP) is 4.53. The number of likely N-dealkylation sites (N-methyl/N-ethyl adjacent to an activating group) is 1. The zero-order valence-electron chi connectivity index (χ0n) is 13.9. The van der Waals surface area contributed by atoms with Crippen molar-refractivity contribution in [1.82, 2.24) is 5.32 Å². The molecule has 2 heteroatoms.